The van der Waals surface area contributed by atoms with E-state index in [4.69, 9.17) is 4.74 Å². The van der Waals surface area contributed by atoms with E-state index in [1.165, 1.54) is 0 Å². The van der Waals surface area contributed by atoms with Gasteiger partial charge in [0.15, 0.2) is 0 Å². The van der Waals surface area contributed by atoms with Crippen LogP contribution in [-0.2, 0) is 4.74 Å². The van der Waals surface area contributed by atoms with Gasteiger partial charge in [-0.3, -0.25) is 4.90 Å². The van der Waals surface area contributed by atoms with Gasteiger partial charge in [-0.2, -0.15) is 0 Å². The third kappa shape index (κ3) is 0.983. The van der Waals surface area contributed by atoms with Crippen LogP contribution in [0.5, 0.6) is 0 Å². The predicted octanol–water partition coefficient (Wildman–Crippen LogP) is 0.819. The number of halogens is 1. The van der Waals surface area contributed by atoms with Crippen LogP contribution in [0.4, 0.5) is 4.39 Å². The second kappa shape index (κ2) is 2.42. The third-order valence-corrected chi connectivity index (χ3v) is 2.95. The molecule has 2 fully saturated rings. The van der Waals surface area contributed by atoms with E-state index >= 15 is 0 Å². The van der Waals surface area contributed by atoms with Gasteiger partial charge in [-0.05, 0) is 6.42 Å². The average Bonchev–Trinajstić information content (AvgIpc) is 2.15. The Morgan fingerprint density at radius 3 is 3.00 bits per heavy atom. The summed E-state index contributed by atoms with van der Waals surface area (Å²) < 4.78 is 18.0. The first-order chi connectivity index (χ1) is 5.27. The van der Waals surface area contributed by atoms with Crippen molar-refractivity contribution in [1.82, 2.24) is 4.90 Å². The molecule has 2 heterocycles. The summed E-state index contributed by atoms with van der Waals surface area (Å²) >= 11 is 0. The van der Waals surface area contributed by atoms with Crippen molar-refractivity contribution in [1.29, 1.82) is 0 Å². The minimum Gasteiger partial charge on any atom is -0.383 e. The predicted molar refractivity (Wildman–Crippen MR) is 40.3 cm³/mol. The molecule has 2 saturated heterocycles. The molecule has 0 N–H and O–H groups in total. The molecule has 2 atom stereocenters. The largest absolute Gasteiger partial charge is 0.383 e. The number of hydrogen-bond acceptors (Lipinski definition) is 2. The first-order valence-electron chi connectivity index (χ1n) is 4.15. The first kappa shape index (κ1) is 7.50. The van der Waals surface area contributed by atoms with E-state index < -0.39 is 6.17 Å². The maximum absolute atomic E-state index is 12.9. The number of rotatable bonds is 2. The van der Waals surface area contributed by atoms with Crippen molar-refractivity contribution in [3.8, 4) is 0 Å². The Labute approximate surface area is 66.3 Å². The molecule has 0 spiro atoms. The molecule has 0 aromatic heterocycles. The van der Waals surface area contributed by atoms with E-state index in [-0.39, 0.29) is 5.54 Å². The third-order valence-electron chi connectivity index (χ3n) is 2.95. The first-order valence-corrected chi connectivity index (χ1v) is 4.15. The van der Waals surface area contributed by atoms with Crippen LogP contribution >= 0.6 is 0 Å². The van der Waals surface area contributed by atoms with Crippen LogP contribution in [0.15, 0.2) is 0 Å². The minimum absolute atomic E-state index is 0.0914. The van der Waals surface area contributed by atoms with Crippen molar-refractivity contribution in [2.45, 2.75) is 24.6 Å². The molecule has 0 bridgehead atoms. The molecule has 0 aromatic rings. The van der Waals surface area contributed by atoms with Crippen molar-refractivity contribution < 1.29 is 9.13 Å². The Bertz CT molecular complexity index is 164. The molecule has 0 amide bonds. The van der Waals surface area contributed by atoms with E-state index in [2.05, 4.69) is 4.90 Å². The number of fused-ring (bicyclic) bond motifs is 1. The summed E-state index contributed by atoms with van der Waals surface area (Å²) in [5.74, 6) is 0. The Morgan fingerprint density at radius 1 is 1.73 bits per heavy atom. The van der Waals surface area contributed by atoms with Crippen molar-refractivity contribution in [3.63, 3.8) is 0 Å². The average molecular weight is 159 g/mol. The number of methoxy groups -OCH3 is 1. The van der Waals surface area contributed by atoms with Crippen LogP contribution < -0.4 is 0 Å². The zero-order valence-corrected chi connectivity index (χ0v) is 6.85. The van der Waals surface area contributed by atoms with Gasteiger partial charge in [0.25, 0.3) is 0 Å². The van der Waals surface area contributed by atoms with Crippen LogP contribution in [0.25, 0.3) is 0 Å². The van der Waals surface area contributed by atoms with E-state index in [0.717, 1.165) is 13.0 Å². The lowest BCUT2D eigenvalue weighted by molar-refractivity contribution is -0.0340. The Balaban J connectivity index is 2.02. The maximum Gasteiger partial charge on any atom is 0.115 e. The lowest BCUT2D eigenvalue weighted by Crippen LogP contribution is -2.58. The molecule has 64 valence electrons. The van der Waals surface area contributed by atoms with Crippen LogP contribution in [0.3, 0.4) is 0 Å². The van der Waals surface area contributed by atoms with Gasteiger partial charge in [0.2, 0.25) is 0 Å². The van der Waals surface area contributed by atoms with Gasteiger partial charge in [0.1, 0.15) is 6.17 Å². The van der Waals surface area contributed by atoms with Gasteiger partial charge in [0.05, 0.1) is 6.61 Å². The van der Waals surface area contributed by atoms with Crippen LogP contribution in [0, 0.1) is 0 Å². The lowest BCUT2D eigenvalue weighted by Gasteiger charge is -2.47. The van der Waals surface area contributed by atoms with Gasteiger partial charge in [-0.15, -0.1) is 0 Å². The standard InChI is InChI=1S/C8H14FNO/c1-11-6-8-2-3-10(8)5-7(9)4-8/h7H,2-6H2,1H3/t7-,8-/m1/s1. The molecule has 0 aliphatic carbocycles. The second-order valence-electron chi connectivity index (χ2n) is 3.65. The number of alkyl halides is 1. The van der Waals surface area contributed by atoms with Gasteiger partial charge in [-0.1, -0.05) is 0 Å². The molecule has 2 rings (SSSR count). The van der Waals surface area contributed by atoms with E-state index in [1.54, 1.807) is 7.11 Å². The van der Waals surface area contributed by atoms with E-state index in [9.17, 15) is 4.39 Å². The fraction of sp³-hybridized carbons (Fsp3) is 1.00. The summed E-state index contributed by atoms with van der Waals surface area (Å²) in [6.07, 6.45) is 1.18. The van der Waals surface area contributed by atoms with Crippen molar-refractivity contribution in [2.75, 3.05) is 26.8 Å². The molecular weight excluding hydrogens is 145 g/mol. The molecule has 2 aliphatic rings. The minimum atomic E-state index is -0.618. The molecule has 11 heavy (non-hydrogen) atoms. The molecule has 2 aliphatic heterocycles. The highest BCUT2D eigenvalue weighted by Gasteiger charge is 2.51. The SMILES string of the molecule is COC[C@]12CCN1C[C@H](F)C2. The quantitative estimate of drug-likeness (QED) is 0.591. The second-order valence-corrected chi connectivity index (χ2v) is 3.65. The fourth-order valence-electron chi connectivity index (χ4n) is 2.31. The van der Waals surface area contributed by atoms with E-state index in [0.29, 0.717) is 19.6 Å². The van der Waals surface area contributed by atoms with Crippen molar-refractivity contribution >= 4 is 0 Å². The summed E-state index contributed by atoms with van der Waals surface area (Å²) in [6, 6.07) is 0. The summed E-state index contributed by atoms with van der Waals surface area (Å²) in [6.45, 7) is 2.39. The van der Waals surface area contributed by atoms with Crippen molar-refractivity contribution in [3.05, 3.63) is 0 Å². The van der Waals surface area contributed by atoms with Crippen molar-refractivity contribution in [2.24, 2.45) is 0 Å². The zero-order chi connectivity index (χ0) is 7.90. The van der Waals surface area contributed by atoms with E-state index in [1.807, 2.05) is 0 Å². The van der Waals surface area contributed by atoms with Gasteiger partial charge < -0.3 is 4.74 Å². The summed E-state index contributed by atoms with van der Waals surface area (Å²) in [5.41, 5.74) is 0.0914. The highest BCUT2D eigenvalue weighted by Crippen LogP contribution is 2.41. The van der Waals surface area contributed by atoms with Gasteiger partial charge in [-0.25, -0.2) is 4.39 Å². The molecule has 0 radical (unpaired) electrons. The molecular formula is C8H14FNO. The Morgan fingerprint density at radius 2 is 2.55 bits per heavy atom. The molecule has 0 aromatic carbocycles. The molecule has 3 heteroatoms. The molecule has 2 nitrogen and oxygen atoms in total. The highest BCUT2D eigenvalue weighted by molar-refractivity contribution is 5.06. The zero-order valence-electron chi connectivity index (χ0n) is 6.85. The fourth-order valence-corrected chi connectivity index (χ4v) is 2.31. The number of ether oxygens (including phenoxy) is 1. The van der Waals surface area contributed by atoms with Crippen LogP contribution in [0.1, 0.15) is 12.8 Å². The monoisotopic (exact) mass is 159 g/mol. The summed E-state index contributed by atoms with van der Waals surface area (Å²) in [7, 11) is 1.69. The van der Waals surface area contributed by atoms with Gasteiger partial charge in [0, 0.05) is 32.2 Å². The maximum atomic E-state index is 12.9. The topological polar surface area (TPSA) is 12.5 Å². The van der Waals surface area contributed by atoms with Gasteiger partial charge >= 0.3 is 0 Å². The summed E-state index contributed by atoms with van der Waals surface area (Å²) in [5, 5.41) is 0. The number of hydrogen-bond donors (Lipinski definition) is 0. The highest BCUT2D eigenvalue weighted by atomic mass is 19.1. The smallest absolute Gasteiger partial charge is 0.115 e. The summed E-state index contributed by atoms with van der Waals surface area (Å²) in [4.78, 5) is 2.21. The van der Waals surface area contributed by atoms with Crippen LogP contribution in [0.2, 0.25) is 0 Å². The Kier molecular flexibility index (Phi) is 1.65. The molecule has 0 unspecified atom stereocenters. The number of nitrogens with zero attached hydrogens (tertiary/aromatic N) is 1. The molecule has 0 saturated carbocycles. The van der Waals surface area contributed by atoms with Crippen LogP contribution in [-0.4, -0.2) is 43.4 Å². The Hall–Kier alpha value is -0.150. The lowest BCUT2D eigenvalue weighted by atomic mass is 9.86. The normalized spacial score (nSPS) is 43.6.